The minimum atomic E-state index is 0.360. The van der Waals surface area contributed by atoms with Crippen LogP contribution in [-0.2, 0) is 6.54 Å². The van der Waals surface area contributed by atoms with E-state index >= 15 is 0 Å². The molecular weight excluding hydrogens is 178 g/mol. The smallest absolute Gasteiger partial charge is 0.236 e. The van der Waals surface area contributed by atoms with Gasteiger partial charge in [-0.1, -0.05) is 0 Å². The van der Waals surface area contributed by atoms with E-state index in [1.165, 1.54) is 6.42 Å². The number of aromatic nitrogens is 2. The molecule has 0 aromatic carbocycles. The topological polar surface area (TPSA) is 53.1 Å². The third-order valence-corrected chi connectivity index (χ3v) is 2.76. The molecule has 14 heavy (non-hydrogen) atoms. The fourth-order valence-electron chi connectivity index (χ4n) is 1.56. The summed E-state index contributed by atoms with van der Waals surface area (Å²) in [5, 5.41) is 4.31. The van der Waals surface area contributed by atoms with Crippen LogP contribution in [0.5, 0.6) is 5.88 Å². The molecule has 1 heterocycles. The number of hydrogen-bond donors (Lipinski definition) is 1. The first-order valence-corrected chi connectivity index (χ1v) is 5.22. The fraction of sp³-hybridized carbons (Fsp3) is 0.700. The molecule has 0 bridgehead atoms. The molecule has 1 saturated carbocycles. The van der Waals surface area contributed by atoms with Crippen LogP contribution in [0.3, 0.4) is 0 Å². The molecule has 1 fully saturated rings. The molecule has 0 amide bonds. The van der Waals surface area contributed by atoms with Gasteiger partial charge in [0, 0.05) is 6.54 Å². The largest absolute Gasteiger partial charge is 0.473 e. The molecule has 2 N–H and O–H groups in total. The average Bonchev–Trinajstić information content (AvgIpc) is 2.37. The Hall–Kier alpha value is -1.19. The Kier molecular flexibility index (Phi) is 2.35. The van der Waals surface area contributed by atoms with Gasteiger partial charge in [-0.25, -0.2) is 4.68 Å². The van der Waals surface area contributed by atoms with Gasteiger partial charge in [-0.05, 0) is 33.1 Å². The van der Waals surface area contributed by atoms with Crippen molar-refractivity contribution in [1.29, 1.82) is 0 Å². The van der Waals surface area contributed by atoms with Crippen LogP contribution in [0.1, 0.15) is 31.9 Å². The minimum absolute atomic E-state index is 0.360. The van der Waals surface area contributed by atoms with Crippen molar-refractivity contribution in [2.45, 2.75) is 45.8 Å². The second-order valence-corrected chi connectivity index (χ2v) is 3.79. The molecule has 4 nitrogen and oxygen atoms in total. The van der Waals surface area contributed by atoms with E-state index < -0.39 is 0 Å². The molecule has 0 unspecified atom stereocenters. The maximum Gasteiger partial charge on any atom is 0.236 e. The van der Waals surface area contributed by atoms with Crippen LogP contribution in [0.15, 0.2) is 0 Å². The van der Waals surface area contributed by atoms with Crippen molar-refractivity contribution in [3.05, 3.63) is 5.69 Å². The highest BCUT2D eigenvalue weighted by atomic mass is 16.5. The van der Waals surface area contributed by atoms with Gasteiger partial charge in [-0.15, -0.1) is 0 Å². The Balaban J connectivity index is 2.20. The van der Waals surface area contributed by atoms with Crippen molar-refractivity contribution in [1.82, 2.24) is 9.78 Å². The molecule has 1 aromatic heterocycles. The average molecular weight is 195 g/mol. The summed E-state index contributed by atoms with van der Waals surface area (Å²) in [4.78, 5) is 0. The maximum atomic E-state index is 5.90. The molecule has 0 spiro atoms. The zero-order valence-electron chi connectivity index (χ0n) is 8.79. The van der Waals surface area contributed by atoms with Crippen molar-refractivity contribution in [3.63, 3.8) is 0 Å². The number of nitrogen functional groups attached to an aromatic ring is 1. The molecule has 78 valence electrons. The third kappa shape index (κ3) is 1.45. The number of ether oxygens (including phenoxy) is 1. The first-order chi connectivity index (χ1) is 6.72. The number of rotatable bonds is 3. The lowest BCUT2D eigenvalue weighted by atomic mass is 9.96. The van der Waals surface area contributed by atoms with Gasteiger partial charge in [-0.3, -0.25) is 0 Å². The van der Waals surface area contributed by atoms with Gasteiger partial charge < -0.3 is 10.5 Å². The van der Waals surface area contributed by atoms with Gasteiger partial charge in [-0.2, -0.15) is 5.10 Å². The number of anilines is 1. The summed E-state index contributed by atoms with van der Waals surface area (Å²) in [5.74, 6) is 0.759. The Bertz CT molecular complexity index is 328. The number of aryl methyl sites for hydroxylation is 2. The predicted molar refractivity (Wildman–Crippen MR) is 55.3 cm³/mol. The van der Waals surface area contributed by atoms with E-state index in [1.807, 2.05) is 18.5 Å². The first kappa shape index (κ1) is 9.37. The standard InChI is InChI=1S/C10H17N3O/c1-3-13-10(9(11)7(2)12-13)14-8-5-4-6-8/h8H,3-6,11H2,1-2H3. The molecular formula is C10H17N3O. The lowest BCUT2D eigenvalue weighted by Crippen LogP contribution is -2.26. The van der Waals surface area contributed by atoms with E-state index in [-0.39, 0.29) is 0 Å². The number of hydrogen-bond acceptors (Lipinski definition) is 3. The van der Waals surface area contributed by atoms with Crippen LogP contribution in [0.25, 0.3) is 0 Å². The van der Waals surface area contributed by atoms with Crippen molar-refractivity contribution >= 4 is 5.69 Å². The second kappa shape index (κ2) is 3.52. The maximum absolute atomic E-state index is 5.90. The van der Waals surface area contributed by atoms with Gasteiger partial charge >= 0.3 is 0 Å². The quantitative estimate of drug-likeness (QED) is 0.799. The van der Waals surface area contributed by atoms with Crippen LogP contribution in [0.4, 0.5) is 5.69 Å². The van der Waals surface area contributed by atoms with Crippen LogP contribution in [0, 0.1) is 6.92 Å². The lowest BCUT2D eigenvalue weighted by Gasteiger charge is -2.26. The summed E-state index contributed by atoms with van der Waals surface area (Å²) in [6, 6.07) is 0. The van der Waals surface area contributed by atoms with Crippen molar-refractivity contribution < 1.29 is 4.74 Å². The SMILES string of the molecule is CCn1nc(C)c(N)c1OC1CCC1. The highest BCUT2D eigenvalue weighted by Crippen LogP contribution is 2.30. The Morgan fingerprint density at radius 2 is 2.29 bits per heavy atom. The molecule has 1 aliphatic carbocycles. The zero-order valence-corrected chi connectivity index (χ0v) is 8.79. The van der Waals surface area contributed by atoms with E-state index in [9.17, 15) is 0 Å². The molecule has 2 rings (SSSR count). The molecule has 1 aromatic rings. The van der Waals surface area contributed by atoms with Gasteiger partial charge in [0.1, 0.15) is 11.8 Å². The molecule has 0 aliphatic heterocycles. The summed E-state index contributed by atoms with van der Waals surface area (Å²) < 4.78 is 7.64. The van der Waals surface area contributed by atoms with E-state index in [0.717, 1.165) is 31.0 Å². The van der Waals surface area contributed by atoms with Crippen LogP contribution >= 0.6 is 0 Å². The number of nitrogens with two attached hydrogens (primary N) is 1. The number of nitrogens with zero attached hydrogens (tertiary/aromatic N) is 2. The zero-order chi connectivity index (χ0) is 10.1. The molecule has 0 saturated heterocycles. The summed E-state index contributed by atoms with van der Waals surface area (Å²) >= 11 is 0. The summed E-state index contributed by atoms with van der Waals surface area (Å²) in [5.41, 5.74) is 7.45. The van der Waals surface area contributed by atoms with Gasteiger partial charge in [0.2, 0.25) is 5.88 Å². The highest BCUT2D eigenvalue weighted by Gasteiger charge is 2.23. The molecule has 1 aliphatic rings. The van der Waals surface area contributed by atoms with E-state index in [4.69, 9.17) is 10.5 Å². The third-order valence-electron chi connectivity index (χ3n) is 2.76. The summed E-state index contributed by atoms with van der Waals surface area (Å²) in [7, 11) is 0. The summed E-state index contributed by atoms with van der Waals surface area (Å²) in [6.07, 6.45) is 3.92. The minimum Gasteiger partial charge on any atom is -0.473 e. The van der Waals surface area contributed by atoms with E-state index in [2.05, 4.69) is 5.10 Å². The summed E-state index contributed by atoms with van der Waals surface area (Å²) in [6.45, 7) is 4.76. The highest BCUT2D eigenvalue weighted by molar-refractivity contribution is 5.52. The van der Waals surface area contributed by atoms with Gasteiger partial charge in [0.05, 0.1) is 5.69 Å². The van der Waals surface area contributed by atoms with Gasteiger partial charge in [0.15, 0.2) is 0 Å². The van der Waals surface area contributed by atoms with Crippen molar-refractivity contribution in [2.24, 2.45) is 0 Å². The molecule has 4 heteroatoms. The van der Waals surface area contributed by atoms with Crippen LogP contribution < -0.4 is 10.5 Å². The Morgan fingerprint density at radius 1 is 1.57 bits per heavy atom. The fourth-order valence-corrected chi connectivity index (χ4v) is 1.56. The van der Waals surface area contributed by atoms with Crippen molar-refractivity contribution in [3.8, 4) is 5.88 Å². The predicted octanol–water partition coefficient (Wildman–Crippen LogP) is 1.72. The van der Waals surface area contributed by atoms with E-state index in [0.29, 0.717) is 11.8 Å². The normalized spacial score (nSPS) is 16.7. The van der Waals surface area contributed by atoms with E-state index in [1.54, 1.807) is 0 Å². The molecule has 0 atom stereocenters. The van der Waals surface area contributed by atoms with Gasteiger partial charge in [0.25, 0.3) is 0 Å². The lowest BCUT2D eigenvalue weighted by molar-refractivity contribution is 0.108. The van der Waals surface area contributed by atoms with Crippen LogP contribution in [0.2, 0.25) is 0 Å². The van der Waals surface area contributed by atoms with Crippen LogP contribution in [-0.4, -0.2) is 15.9 Å². The van der Waals surface area contributed by atoms with Crippen molar-refractivity contribution in [2.75, 3.05) is 5.73 Å². The monoisotopic (exact) mass is 195 g/mol. The Labute approximate surface area is 84.0 Å². The Morgan fingerprint density at radius 3 is 2.79 bits per heavy atom. The molecule has 0 radical (unpaired) electrons. The first-order valence-electron chi connectivity index (χ1n) is 5.22. The second-order valence-electron chi connectivity index (χ2n) is 3.79.